The lowest BCUT2D eigenvalue weighted by molar-refractivity contribution is -0.133. The van der Waals surface area contributed by atoms with Gasteiger partial charge in [-0.3, -0.25) is 9.69 Å². The van der Waals surface area contributed by atoms with E-state index in [0.29, 0.717) is 13.2 Å². The summed E-state index contributed by atoms with van der Waals surface area (Å²) in [5.74, 6) is 1.03. The fourth-order valence-corrected chi connectivity index (χ4v) is 2.83. The summed E-state index contributed by atoms with van der Waals surface area (Å²) < 4.78 is 5.67. The molecule has 116 valence electrons. The lowest BCUT2D eigenvalue weighted by atomic mass is 10.1. The summed E-state index contributed by atoms with van der Waals surface area (Å²) in [5, 5.41) is 0. The molecule has 0 spiro atoms. The van der Waals surface area contributed by atoms with Crippen molar-refractivity contribution < 1.29 is 9.53 Å². The smallest absolute Gasteiger partial charge is 0.239 e. The summed E-state index contributed by atoms with van der Waals surface area (Å²) in [6.45, 7) is 4.22. The number of amides is 1. The van der Waals surface area contributed by atoms with Crippen molar-refractivity contribution in [2.75, 3.05) is 33.0 Å². The number of benzene rings is 1. The molecule has 21 heavy (non-hydrogen) atoms. The minimum atomic E-state index is -0.0316. The number of carbonyl (C=O) groups excluding carboxylic acids is 1. The van der Waals surface area contributed by atoms with Crippen molar-refractivity contribution in [2.24, 2.45) is 0 Å². The van der Waals surface area contributed by atoms with E-state index in [1.54, 1.807) is 4.90 Å². The van der Waals surface area contributed by atoms with E-state index >= 15 is 0 Å². The van der Waals surface area contributed by atoms with Crippen LogP contribution in [0.3, 0.4) is 0 Å². The molecule has 1 aromatic carbocycles. The number of nitrogens with two attached hydrogens (primary N) is 1. The van der Waals surface area contributed by atoms with Crippen LogP contribution in [0.2, 0.25) is 0 Å². The molecule has 1 fully saturated rings. The molecule has 2 N–H and O–H groups in total. The minimum absolute atomic E-state index is 0.0316. The Kier molecular flexibility index (Phi) is 5.07. The van der Waals surface area contributed by atoms with Gasteiger partial charge in [-0.1, -0.05) is 0 Å². The number of likely N-dealkylation sites (N-methyl/N-ethyl adjacent to an activating group) is 1. The molecule has 1 amide bonds. The predicted molar refractivity (Wildman–Crippen MR) is 84.1 cm³/mol. The highest BCUT2D eigenvalue weighted by Crippen LogP contribution is 2.27. The van der Waals surface area contributed by atoms with Crippen molar-refractivity contribution in [2.45, 2.75) is 32.4 Å². The first kappa shape index (κ1) is 15.6. The van der Waals surface area contributed by atoms with E-state index in [-0.39, 0.29) is 11.9 Å². The third kappa shape index (κ3) is 3.67. The molecule has 1 aliphatic heterocycles. The van der Waals surface area contributed by atoms with Crippen molar-refractivity contribution in [1.82, 2.24) is 9.80 Å². The Hall–Kier alpha value is -1.75. The Morgan fingerprint density at radius 3 is 2.90 bits per heavy atom. The number of likely N-dealkylation sites (tertiary alicyclic amines) is 1. The number of carbonyl (C=O) groups is 1. The van der Waals surface area contributed by atoms with Crippen molar-refractivity contribution in [3.63, 3.8) is 0 Å². The maximum atomic E-state index is 12.3. The van der Waals surface area contributed by atoms with Gasteiger partial charge in [-0.05, 0) is 44.5 Å². The highest BCUT2D eigenvalue weighted by atomic mass is 16.5. The van der Waals surface area contributed by atoms with Crippen LogP contribution in [0.15, 0.2) is 18.2 Å². The van der Waals surface area contributed by atoms with Crippen LogP contribution in [-0.2, 0) is 11.3 Å². The Morgan fingerprint density at radius 2 is 2.24 bits per heavy atom. The monoisotopic (exact) mass is 291 g/mol. The molecule has 2 rings (SSSR count). The second kappa shape index (κ2) is 6.80. The first-order valence-electron chi connectivity index (χ1n) is 7.49. The van der Waals surface area contributed by atoms with Gasteiger partial charge in [-0.25, -0.2) is 0 Å². The van der Waals surface area contributed by atoms with Gasteiger partial charge in [0.25, 0.3) is 0 Å². The standard InChI is InChI=1S/C16H25N3O2/c1-4-21-15-8-7-13(17)10-12(15)11-19-9-5-6-14(19)16(20)18(2)3/h7-8,10,14H,4-6,9,11,17H2,1-3H3. The molecule has 0 aromatic heterocycles. The number of hydrogen-bond acceptors (Lipinski definition) is 4. The maximum Gasteiger partial charge on any atom is 0.239 e. The summed E-state index contributed by atoms with van der Waals surface area (Å²) in [6.07, 6.45) is 1.97. The van der Waals surface area contributed by atoms with E-state index in [2.05, 4.69) is 4.90 Å². The van der Waals surface area contributed by atoms with Crippen LogP contribution in [-0.4, -0.2) is 49.0 Å². The summed E-state index contributed by atoms with van der Waals surface area (Å²) in [5.41, 5.74) is 7.67. The summed E-state index contributed by atoms with van der Waals surface area (Å²) in [6, 6.07) is 5.67. The topological polar surface area (TPSA) is 58.8 Å². The molecule has 1 aromatic rings. The number of anilines is 1. The highest BCUT2D eigenvalue weighted by molar-refractivity contribution is 5.81. The zero-order valence-corrected chi connectivity index (χ0v) is 13.1. The number of nitrogen functional groups attached to an aromatic ring is 1. The SMILES string of the molecule is CCOc1ccc(N)cc1CN1CCCC1C(=O)N(C)C. The van der Waals surface area contributed by atoms with Gasteiger partial charge >= 0.3 is 0 Å². The molecule has 0 saturated carbocycles. The van der Waals surface area contributed by atoms with Crippen molar-refractivity contribution in [3.8, 4) is 5.75 Å². The van der Waals surface area contributed by atoms with Gasteiger partial charge in [0.2, 0.25) is 5.91 Å². The van der Waals surface area contributed by atoms with Gasteiger partial charge in [0.05, 0.1) is 12.6 Å². The Morgan fingerprint density at radius 1 is 1.48 bits per heavy atom. The fourth-order valence-electron chi connectivity index (χ4n) is 2.83. The molecule has 5 heteroatoms. The van der Waals surface area contributed by atoms with Gasteiger partial charge in [0.15, 0.2) is 0 Å². The van der Waals surface area contributed by atoms with Gasteiger partial charge in [0.1, 0.15) is 5.75 Å². The van der Waals surface area contributed by atoms with Gasteiger partial charge < -0.3 is 15.4 Å². The van der Waals surface area contributed by atoms with Gasteiger partial charge in [0, 0.05) is 31.9 Å². The summed E-state index contributed by atoms with van der Waals surface area (Å²) in [7, 11) is 3.62. The van der Waals surface area contributed by atoms with Crippen LogP contribution in [0, 0.1) is 0 Å². The van der Waals surface area contributed by atoms with Crippen LogP contribution >= 0.6 is 0 Å². The van der Waals surface area contributed by atoms with Crippen LogP contribution in [0.25, 0.3) is 0 Å². The summed E-state index contributed by atoms with van der Waals surface area (Å²) >= 11 is 0. The first-order chi connectivity index (χ1) is 10.0. The van der Waals surface area contributed by atoms with Crippen LogP contribution in [0.1, 0.15) is 25.3 Å². The number of hydrogen-bond donors (Lipinski definition) is 1. The number of ether oxygens (including phenoxy) is 1. The fraction of sp³-hybridized carbons (Fsp3) is 0.562. The van der Waals surface area contributed by atoms with Crippen LogP contribution in [0.4, 0.5) is 5.69 Å². The number of nitrogens with zero attached hydrogens (tertiary/aromatic N) is 2. The molecule has 1 aliphatic rings. The Bertz CT molecular complexity index is 502. The maximum absolute atomic E-state index is 12.3. The second-order valence-corrected chi connectivity index (χ2v) is 5.66. The van der Waals surface area contributed by atoms with E-state index < -0.39 is 0 Å². The van der Waals surface area contributed by atoms with Crippen molar-refractivity contribution >= 4 is 11.6 Å². The third-order valence-electron chi connectivity index (χ3n) is 3.85. The van der Waals surface area contributed by atoms with Gasteiger partial charge in [-0.15, -0.1) is 0 Å². The average Bonchev–Trinajstić information content (AvgIpc) is 2.89. The van der Waals surface area contributed by atoms with E-state index in [9.17, 15) is 4.79 Å². The minimum Gasteiger partial charge on any atom is -0.494 e. The molecule has 0 radical (unpaired) electrons. The van der Waals surface area contributed by atoms with Gasteiger partial charge in [-0.2, -0.15) is 0 Å². The Labute approximate surface area is 126 Å². The molecule has 0 bridgehead atoms. The molecular weight excluding hydrogens is 266 g/mol. The molecule has 1 heterocycles. The van der Waals surface area contributed by atoms with Crippen LogP contribution < -0.4 is 10.5 Å². The third-order valence-corrected chi connectivity index (χ3v) is 3.85. The van der Waals surface area contributed by atoms with Crippen LogP contribution in [0.5, 0.6) is 5.75 Å². The van der Waals surface area contributed by atoms with Crippen molar-refractivity contribution in [1.29, 1.82) is 0 Å². The first-order valence-corrected chi connectivity index (χ1v) is 7.49. The summed E-state index contributed by atoms with van der Waals surface area (Å²) in [4.78, 5) is 16.1. The normalized spacial score (nSPS) is 18.7. The Balaban J connectivity index is 2.16. The quantitative estimate of drug-likeness (QED) is 0.839. The van der Waals surface area contributed by atoms with Crippen molar-refractivity contribution in [3.05, 3.63) is 23.8 Å². The second-order valence-electron chi connectivity index (χ2n) is 5.66. The molecule has 0 aliphatic carbocycles. The molecule has 1 atom stereocenters. The van der Waals surface area contributed by atoms with E-state index in [0.717, 1.165) is 36.4 Å². The highest BCUT2D eigenvalue weighted by Gasteiger charge is 2.32. The zero-order valence-electron chi connectivity index (χ0n) is 13.1. The lowest BCUT2D eigenvalue weighted by Gasteiger charge is -2.26. The number of rotatable bonds is 5. The predicted octanol–water partition coefficient (Wildman–Crippen LogP) is 1.72. The van der Waals surface area contributed by atoms with E-state index in [1.165, 1.54) is 0 Å². The molecule has 5 nitrogen and oxygen atoms in total. The molecule has 1 unspecified atom stereocenters. The zero-order chi connectivity index (χ0) is 15.4. The average molecular weight is 291 g/mol. The largest absolute Gasteiger partial charge is 0.494 e. The lowest BCUT2D eigenvalue weighted by Crippen LogP contribution is -2.42. The molecule has 1 saturated heterocycles. The molecular formula is C16H25N3O2. The van der Waals surface area contributed by atoms with E-state index in [1.807, 2.05) is 39.2 Å². The van der Waals surface area contributed by atoms with E-state index in [4.69, 9.17) is 10.5 Å².